The van der Waals surface area contributed by atoms with Gasteiger partial charge >= 0.3 is 0 Å². The number of fused-ring (bicyclic) bond motifs is 1. The van der Waals surface area contributed by atoms with Crippen molar-refractivity contribution >= 4 is 20.9 Å². The number of hydrogen-bond donors (Lipinski definition) is 1. The number of aryl methyl sites for hydroxylation is 2. The maximum absolute atomic E-state index is 13.3. The summed E-state index contributed by atoms with van der Waals surface area (Å²) in [5.74, 6) is 1.17. The van der Waals surface area contributed by atoms with Crippen LogP contribution in [-0.2, 0) is 10.0 Å². The van der Waals surface area contributed by atoms with Crippen molar-refractivity contribution in [3.05, 3.63) is 41.4 Å². The van der Waals surface area contributed by atoms with E-state index in [4.69, 9.17) is 9.51 Å². The van der Waals surface area contributed by atoms with E-state index in [1.165, 1.54) is 0 Å². The molecule has 2 fully saturated rings. The molecule has 0 aliphatic heterocycles. The van der Waals surface area contributed by atoms with E-state index in [9.17, 15) is 8.42 Å². The van der Waals surface area contributed by atoms with E-state index in [1.807, 2.05) is 32.0 Å². The summed E-state index contributed by atoms with van der Waals surface area (Å²) in [5, 5.41) is 4.71. The molecule has 3 aromatic rings. The molecule has 0 radical (unpaired) electrons. The van der Waals surface area contributed by atoms with Crippen LogP contribution in [0.25, 0.3) is 22.0 Å². The zero-order valence-electron chi connectivity index (χ0n) is 16.7. The highest BCUT2D eigenvalue weighted by Crippen LogP contribution is 2.40. The smallest absolute Gasteiger partial charge is 0.241 e. The number of pyridine rings is 1. The largest absolute Gasteiger partial charge is 0.361 e. The first-order valence-corrected chi connectivity index (χ1v) is 11.8. The van der Waals surface area contributed by atoms with Gasteiger partial charge in [-0.15, -0.1) is 0 Å². The number of benzene rings is 1. The third-order valence-corrected chi connectivity index (χ3v) is 7.64. The summed E-state index contributed by atoms with van der Waals surface area (Å²) in [6.45, 7) is 3.72. The average Bonchev–Trinajstić information content (AvgIpc) is 3.33. The lowest BCUT2D eigenvalue weighted by Gasteiger charge is -2.16. The summed E-state index contributed by atoms with van der Waals surface area (Å²) in [6, 6.07) is 7.60. The molecule has 6 nitrogen and oxygen atoms in total. The quantitative estimate of drug-likeness (QED) is 0.663. The van der Waals surface area contributed by atoms with Crippen LogP contribution in [0.4, 0.5) is 0 Å². The van der Waals surface area contributed by atoms with E-state index in [-0.39, 0.29) is 10.9 Å². The Bertz CT molecular complexity index is 1170. The van der Waals surface area contributed by atoms with Crippen LogP contribution in [0, 0.1) is 13.8 Å². The Balaban J connectivity index is 1.70. The molecule has 2 aromatic heterocycles. The van der Waals surface area contributed by atoms with Gasteiger partial charge < -0.3 is 4.52 Å². The Morgan fingerprint density at radius 3 is 2.48 bits per heavy atom. The molecule has 29 heavy (non-hydrogen) atoms. The van der Waals surface area contributed by atoms with E-state index in [1.54, 1.807) is 6.07 Å². The Kier molecular flexibility index (Phi) is 4.47. The molecule has 0 atom stereocenters. The summed E-state index contributed by atoms with van der Waals surface area (Å²) in [4.78, 5) is 5.11. The second kappa shape index (κ2) is 6.92. The number of hydrogen-bond acceptors (Lipinski definition) is 5. The molecule has 7 heteroatoms. The van der Waals surface area contributed by atoms with Gasteiger partial charge in [0.1, 0.15) is 5.76 Å². The average molecular weight is 412 g/mol. The predicted octanol–water partition coefficient (Wildman–Crippen LogP) is 4.60. The van der Waals surface area contributed by atoms with Crippen LogP contribution in [0.5, 0.6) is 0 Å². The van der Waals surface area contributed by atoms with Crippen molar-refractivity contribution in [3.63, 3.8) is 0 Å². The second-order valence-electron chi connectivity index (χ2n) is 8.35. The number of rotatable bonds is 5. The van der Waals surface area contributed by atoms with Crippen LogP contribution in [0.3, 0.4) is 0 Å². The molecule has 1 aromatic carbocycles. The van der Waals surface area contributed by atoms with E-state index in [2.05, 4.69) is 9.88 Å². The lowest BCUT2D eigenvalue weighted by Crippen LogP contribution is -2.32. The first-order chi connectivity index (χ1) is 13.9. The topological polar surface area (TPSA) is 85.1 Å². The predicted molar refractivity (Wildman–Crippen MR) is 111 cm³/mol. The fourth-order valence-electron chi connectivity index (χ4n) is 4.41. The van der Waals surface area contributed by atoms with Crippen LogP contribution in [0.1, 0.15) is 61.6 Å². The highest BCUT2D eigenvalue weighted by atomic mass is 32.2. The van der Waals surface area contributed by atoms with Crippen molar-refractivity contribution < 1.29 is 12.9 Å². The molecule has 0 spiro atoms. The van der Waals surface area contributed by atoms with Gasteiger partial charge in [-0.05, 0) is 69.4 Å². The number of aromatic nitrogens is 2. The van der Waals surface area contributed by atoms with Crippen LogP contribution < -0.4 is 4.72 Å². The molecule has 152 valence electrons. The summed E-state index contributed by atoms with van der Waals surface area (Å²) >= 11 is 0. The summed E-state index contributed by atoms with van der Waals surface area (Å²) in [7, 11) is -3.67. The van der Waals surface area contributed by atoms with E-state index < -0.39 is 10.0 Å². The normalized spacial score (nSPS) is 18.0. The highest BCUT2D eigenvalue weighted by Gasteiger charge is 2.28. The molecular formula is C22H25N3O3S. The van der Waals surface area contributed by atoms with Crippen molar-refractivity contribution in [1.82, 2.24) is 14.9 Å². The van der Waals surface area contributed by atoms with Crippen molar-refractivity contribution in [3.8, 4) is 11.1 Å². The van der Waals surface area contributed by atoms with Gasteiger partial charge in [-0.1, -0.05) is 18.0 Å². The van der Waals surface area contributed by atoms with Crippen LogP contribution in [0.15, 0.2) is 33.7 Å². The molecule has 0 bridgehead atoms. The lowest BCUT2D eigenvalue weighted by atomic mass is 10.0. The van der Waals surface area contributed by atoms with Crippen LogP contribution in [-0.4, -0.2) is 24.6 Å². The molecule has 2 aliphatic carbocycles. The van der Waals surface area contributed by atoms with Gasteiger partial charge in [-0.2, -0.15) is 0 Å². The van der Waals surface area contributed by atoms with Gasteiger partial charge in [0.2, 0.25) is 10.0 Å². The van der Waals surface area contributed by atoms with Crippen LogP contribution >= 0.6 is 0 Å². The molecular weight excluding hydrogens is 386 g/mol. The maximum atomic E-state index is 13.3. The monoisotopic (exact) mass is 411 g/mol. The Hall–Kier alpha value is -2.25. The van der Waals surface area contributed by atoms with Gasteiger partial charge in [0.05, 0.1) is 16.1 Å². The molecule has 5 rings (SSSR count). The van der Waals surface area contributed by atoms with Gasteiger partial charge in [0.25, 0.3) is 0 Å². The SMILES string of the molecule is Cc1noc(C)c1-c1cc(S(=O)(=O)NC2CCCC2)c2ccc(C3CC3)nc2c1. The Morgan fingerprint density at radius 1 is 1.07 bits per heavy atom. The fourth-order valence-corrected chi connectivity index (χ4v) is 5.96. The summed E-state index contributed by atoms with van der Waals surface area (Å²) < 4.78 is 34.9. The molecule has 0 unspecified atom stereocenters. The minimum absolute atomic E-state index is 0.0106. The van der Waals surface area contributed by atoms with Gasteiger partial charge in [0, 0.05) is 28.6 Å². The van der Waals surface area contributed by atoms with E-state index >= 15 is 0 Å². The third kappa shape index (κ3) is 3.46. The molecule has 2 saturated carbocycles. The first-order valence-electron chi connectivity index (χ1n) is 10.3. The van der Waals surface area contributed by atoms with Gasteiger partial charge in [-0.3, -0.25) is 4.98 Å². The summed E-state index contributed by atoms with van der Waals surface area (Å²) in [6.07, 6.45) is 6.22. The standard InChI is InChI=1S/C22H25N3O3S/c1-13-22(14(2)28-24-13)16-11-20-18(9-10-19(23-20)15-7-8-15)21(12-16)29(26,27)25-17-5-3-4-6-17/h9-12,15,17,25H,3-8H2,1-2H3. The molecule has 0 amide bonds. The van der Waals surface area contributed by atoms with Crippen LogP contribution in [0.2, 0.25) is 0 Å². The van der Waals surface area contributed by atoms with Crippen molar-refractivity contribution in [2.24, 2.45) is 0 Å². The Labute approximate surface area is 170 Å². The van der Waals surface area contributed by atoms with Crippen molar-refractivity contribution in [1.29, 1.82) is 0 Å². The molecule has 2 heterocycles. The Morgan fingerprint density at radius 2 is 1.83 bits per heavy atom. The van der Waals surface area contributed by atoms with Gasteiger partial charge in [0.15, 0.2) is 0 Å². The minimum Gasteiger partial charge on any atom is -0.361 e. The fraction of sp³-hybridized carbons (Fsp3) is 0.455. The molecule has 2 aliphatic rings. The second-order valence-corrected chi connectivity index (χ2v) is 10.0. The third-order valence-electron chi connectivity index (χ3n) is 6.07. The van der Waals surface area contributed by atoms with Gasteiger partial charge in [-0.25, -0.2) is 13.1 Å². The first kappa shape index (κ1) is 18.8. The lowest BCUT2D eigenvalue weighted by molar-refractivity contribution is 0.393. The van der Waals surface area contributed by atoms with Crippen molar-refractivity contribution in [2.45, 2.75) is 69.2 Å². The van der Waals surface area contributed by atoms with Crippen molar-refractivity contribution in [2.75, 3.05) is 0 Å². The minimum atomic E-state index is -3.67. The summed E-state index contributed by atoms with van der Waals surface area (Å²) in [5.41, 5.74) is 4.11. The number of nitrogens with zero attached hydrogens (tertiary/aromatic N) is 2. The van der Waals surface area contributed by atoms with E-state index in [0.29, 0.717) is 22.6 Å². The number of sulfonamides is 1. The highest BCUT2D eigenvalue weighted by molar-refractivity contribution is 7.89. The zero-order valence-corrected chi connectivity index (χ0v) is 17.6. The maximum Gasteiger partial charge on any atom is 0.241 e. The molecule has 0 saturated heterocycles. The zero-order chi connectivity index (χ0) is 20.2. The molecule has 1 N–H and O–H groups in total. The van der Waals surface area contributed by atoms with E-state index in [0.717, 1.165) is 61.0 Å². The number of nitrogens with one attached hydrogen (secondary N) is 1.